The average molecular weight is 234 g/mol. The Labute approximate surface area is 99.2 Å². The first kappa shape index (κ1) is 11.6. The number of benzene rings is 1. The summed E-state index contributed by atoms with van der Waals surface area (Å²) in [6.07, 6.45) is 3.93. The van der Waals surface area contributed by atoms with Crippen molar-refractivity contribution in [2.45, 2.75) is 19.3 Å². The van der Waals surface area contributed by atoms with Gasteiger partial charge in [0.15, 0.2) is 0 Å². The van der Waals surface area contributed by atoms with Gasteiger partial charge in [0.05, 0.1) is 4.92 Å². The van der Waals surface area contributed by atoms with Crippen molar-refractivity contribution in [3.8, 4) is 0 Å². The Balaban J connectivity index is 2.37. The summed E-state index contributed by atoms with van der Waals surface area (Å²) in [6, 6.07) is 4.65. The minimum Gasteiger partial charge on any atom is -0.366 e. The molecule has 90 valence electrons. The van der Waals surface area contributed by atoms with Gasteiger partial charge in [0.1, 0.15) is 12.0 Å². The molecule has 0 aliphatic carbocycles. The van der Waals surface area contributed by atoms with E-state index in [2.05, 4.69) is 0 Å². The minimum atomic E-state index is -0.420. The fraction of sp³-hybridized carbons (Fsp3) is 0.417. The molecule has 1 saturated heterocycles. The highest BCUT2D eigenvalue weighted by Crippen LogP contribution is 2.30. The van der Waals surface area contributed by atoms with Crippen LogP contribution >= 0.6 is 0 Å². The lowest BCUT2D eigenvalue weighted by atomic mass is 10.1. The standard InChI is InChI=1S/C12H14N2O3/c15-9-10-4-5-11(12(8-10)14(16)17)13-6-2-1-3-7-13/h4-5,8-9H,1-3,6-7H2. The molecule has 2 rings (SSSR count). The van der Waals surface area contributed by atoms with Crippen LogP contribution in [0.3, 0.4) is 0 Å². The summed E-state index contributed by atoms with van der Waals surface area (Å²) in [5, 5.41) is 11.0. The third kappa shape index (κ3) is 2.43. The lowest BCUT2D eigenvalue weighted by Gasteiger charge is -2.28. The van der Waals surface area contributed by atoms with Gasteiger partial charge in [0.25, 0.3) is 5.69 Å². The van der Waals surface area contributed by atoms with Crippen molar-refractivity contribution >= 4 is 17.7 Å². The Morgan fingerprint density at radius 3 is 2.53 bits per heavy atom. The molecule has 17 heavy (non-hydrogen) atoms. The Bertz CT molecular complexity index is 439. The number of hydrogen-bond donors (Lipinski definition) is 0. The van der Waals surface area contributed by atoms with E-state index in [1.165, 1.54) is 12.5 Å². The lowest BCUT2D eigenvalue weighted by molar-refractivity contribution is -0.384. The van der Waals surface area contributed by atoms with E-state index in [1.54, 1.807) is 12.1 Å². The van der Waals surface area contributed by atoms with Crippen LogP contribution in [0.1, 0.15) is 29.6 Å². The van der Waals surface area contributed by atoms with Gasteiger partial charge in [-0.05, 0) is 31.4 Å². The second-order valence-corrected chi connectivity index (χ2v) is 4.17. The number of anilines is 1. The van der Waals surface area contributed by atoms with Crippen LogP contribution in [0, 0.1) is 10.1 Å². The molecule has 1 aromatic carbocycles. The van der Waals surface area contributed by atoms with Crippen LogP contribution in [0.5, 0.6) is 0 Å². The van der Waals surface area contributed by atoms with Crippen molar-refractivity contribution in [3.05, 3.63) is 33.9 Å². The molecule has 1 aliphatic rings. The second-order valence-electron chi connectivity index (χ2n) is 4.17. The maximum absolute atomic E-state index is 11.0. The summed E-state index contributed by atoms with van der Waals surface area (Å²) in [5.41, 5.74) is 0.995. The highest BCUT2D eigenvalue weighted by atomic mass is 16.6. The molecule has 5 nitrogen and oxygen atoms in total. The molecule has 1 heterocycles. The van der Waals surface area contributed by atoms with Crippen LogP contribution in [0.4, 0.5) is 11.4 Å². The number of rotatable bonds is 3. The zero-order valence-corrected chi connectivity index (χ0v) is 9.46. The zero-order chi connectivity index (χ0) is 12.3. The topological polar surface area (TPSA) is 63.5 Å². The van der Waals surface area contributed by atoms with Gasteiger partial charge in [-0.1, -0.05) is 0 Å². The summed E-state index contributed by atoms with van der Waals surface area (Å²) < 4.78 is 0. The predicted molar refractivity (Wildman–Crippen MR) is 64.5 cm³/mol. The van der Waals surface area contributed by atoms with Gasteiger partial charge in [-0.3, -0.25) is 14.9 Å². The van der Waals surface area contributed by atoms with Gasteiger partial charge < -0.3 is 4.90 Å². The summed E-state index contributed by atoms with van der Waals surface area (Å²) in [7, 11) is 0. The number of nitro groups is 1. The van der Waals surface area contributed by atoms with Crippen LogP contribution in [0.25, 0.3) is 0 Å². The van der Waals surface area contributed by atoms with Crippen molar-refractivity contribution in [2.75, 3.05) is 18.0 Å². The summed E-state index contributed by atoms with van der Waals surface area (Å²) >= 11 is 0. The highest BCUT2D eigenvalue weighted by molar-refractivity contribution is 5.79. The van der Waals surface area contributed by atoms with Crippen LogP contribution in [0.15, 0.2) is 18.2 Å². The zero-order valence-electron chi connectivity index (χ0n) is 9.46. The van der Waals surface area contributed by atoms with Crippen molar-refractivity contribution in [1.82, 2.24) is 0 Å². The molecule has 1 fully saturated rings. The first-order chi connectivity index (χ1) is 8.22. The molecule has 0 bridgehead atoms. The molecule has 0 saturated carbocycles. The molecular formula is C12H14N2O3. The molecule has 0 N–H and O–H groups in total. The van der Waals surface area contributed by atoms with Gasteiger partial charge in [-0.25, -0.2) is 0 Å². The molecule has 1 aromatic rings. The normalized spacial score (nSPS) is 15.6. The molecule has 0 amide bonds. The SMILES string of the molecule is O=Cc1ccc(N2CCCCC2)c([N+](=O)[O-])c1. The van der Waals surface area contributed by atoms with E-state index in [1.807, 2.05) is 4.90 Å². The summed E-state index contributed by atoms with van der Waals surface area (Å²) in [6.45, 7) is 1.70. The lowest BCUT2D eigenvalue weighted by Crippen LogP contribution is -2.29. The number of piperidine rings is 1. The van der Waals surface area contributed by atoms with Gasteiger partial charge in [0.2, 0.25) is 0 Å². The fourth-order valence-electron chi connectivity index (χ4n) is 2.16. The van der Waals surface area contributed by atoms with Gasteiger partial charge >= 0.3 is 0 Å². The molecular weight excluding hydrogens is 220 g/mol. The number of nitro benzene ring substituents is 1. The van der Waals surface area contributed by atoms with Crippen LogP contribution in [0.2, 0.25) is 0 Å². The van der Waals surface area contributed by atoms with E-state index >= 15 is 0 Å². The van der Waals surface area contributed by atoms with E-state index in [-0.39, 0.29) is 5.69 Å². The van der Waals surface area contributed by atoms with E-state index < -0.39 is 4.92 Å². The van der Waals surface area contributed by atoms with Crippen molar-refractivity contribution in [2.24, 2.45) is 0 Å². The van der Waals surface area contributed by atoms with Crippen molar-refractivity contribution in [1.29, 1.82) is 0 Å². The molecule has 0 aromatic heterocycles. The van der Waals surface area contributed by atoms with Crippen LogP contribution < -0.4 is 4.90 Å². The second kappa shape index (κ2) is 4.95. The van der Waals surface area contributed by atoms with Gasteiger partial charge in [0, 0.05) is 24.7 Å². The Morgan fingerprint density at radius 1 is 1.24 bits per heavy atom. The smallest absolute Gasteiger partial charge is 0.293 e. The van der Waals surface area contributed by atoms with Crippen molar-refractivity contribution in [3.63, 3.8) is 0 Å². The highest BCUT2D eigenvalue weighted by Gasteiger charge is 2.21. The van der Waals surface area contributed by atoms with E-state index in [4.69, 9.17) is 0 Å². The van der Waals surface area contributed by atoms with E-state index in [0.717, 1.165) is 25.9 Å². The number of nitrogens with zero attached hydrogens (tertiary/aromatic N) is 2. The summed E-state index contributed by atoms with van der Waals surface area (Å²) in [4.78, 5) is 23.2. The molecule has 0 atom stereocenters. The Morgan fingerprint density at radius 2 is 1.94 bits per heavy atom. The number of aldehydes is 1. The summed E-state index contributed by atoms with van der Waals surface area (Å²) in [5.74, 6) is 0. The minimum absolute atomic E-state index is 0.0245. The van der Waals surface area contributed by atoms with Crippen LogP contribution in [-0.4, -0.2) is 24.3 Å². The quantitative estimate of drug-likeness (QED) is 0.457. The Kier molecular flexibility index (Phi) is 3.37. The Hall–Kier alpha value is -1.91. The van der Waals surface area contributed by atoms with Gasteiger partial charge in [-0.2, -0.15) is 0 Å². The third-order valence-corrected chi connectivity index (χ3v) is 3.03. The fourth-order valence-corrected chi connectivity index (χ4v) is 2.16. The first-order valence-corrected chi connectivity index (χ1v) is 5.71. The predicted octanol–water partition coefficient (Wildman–Crippen LogP) is 2.40. The number of carbonyl (C=O) groups excluding carboxylic acids is 1. The monoisotopic (exact) mass is 234 g/mol. The van der Waals surface area contributed by atoms with E-state index in [0.29, 0.717) is 17.5 Å². The van der Waals surface area contributed by atoms with Crippen molar-refractivity contribution < 1.29 is 9.72 Å². The van der Waals surface area contributed by atoms with Crippen LogP contribution in [-0.2, 0) is 0 Å². The maximum Gasteiger partial charge on any atom is 0.293 e. The third-order valence-electron chi connectivity index (χ3n) is 3.03. The molecule has 5 heteroatoms. The first-order valence-electron chi connectivity index (χ1n) is 5.71. The maximum atomic E-state index is 11.0. The molecule has 0 radical (unpaired) electrons. The molecule has 0 unspecified atom stereocenters. The van der Waals surface area contributed by atoms with Gasteiger partial charge in [-0.15, -0.1) is 0 Å². The molecule has 1 aliphatic heterocycles. The average Bonchev–Trinajstić information content (AvgIpc) is 2.39. The number of hydrogen-bond acceptors (Lipinski definition) is 4. The molecule has 0 spiro atoms. The largest absolute Gasteiger partial charge is 0.366 e. The number of carbonyl (C=O) groups is 1. The van der Waals surface area contributed by atoms with E-state index in [9.17, 15) is 14.9 Å².